The van der Waals surface area contributed by atoms with Crippen molar-refractivity contribution < 1.29 is 19.1 Å². The van der Waals surface area contributed by atoms with E-state index in [1.807, 2.05) is 0 Å². The lowest BCUT2D eigenvalue weighted by atomic mass is 10.1. The number of carbonyl (C=O) groups excluding carboxylic acids is 2. The Balaban J connectivity index is 3.25. The standard InChI is InChI=1S/C19H34O4/c1-3-5-13-17-23-19(21)15-12-10-8-7-9-11-14-18(20)22-16-6-4-2/h4H,2-3,5-17H2,1H3. The molecule has 0 atom stereocenters. The Morgan fingerprint density at radius 1 is 0.783 bits per heavy atom. The van der Waals surface area contributed by atoms with Gasteiger partial charge in [0.15, 0.2) is 0 Å². The Labute approximate surface area is 141 Å². The van der Waals surface area contributed by atoms with E-state index in [0.29, 0.717) is 32.5 Å². The first kappa shape index (κ1) is 21.7. The van der Waals surface area contributed by atoms with Crippen molar-refractivity contribution in [3.63, 3.8) is 0 Å². The van der Waals surface area contributed by atoms with Crippen molar-refractivity contribution in [3.05, 3.63) is 12.7 Å². The average Bonchev–Trinajstić information content (AvgIpc) is 2.54. The number of hydrogen-bond donors (Lipinski definition) is 0. The predicted octanol–water partition coefficient (Wildman–Crippen LogP) is 4.96. The van der Waals surface area contributed by atoms with Crippen molar-refractivity contribution in [2.45, 2.75) is 84.0 Å². The molecule has 0 amide bonds. The maximum atomic E-state index is 11.4. The van der Waals surface area contributed by atoms with E-state index in [1.54, 1.807) is 6.08 Å². The summed E-state index contributed by atoms with van der Waals surface area (Å²) in [4.78, 5) is 22.8. The Hall–Kier alpha value is -1.32. The molecule has 0 N–H and O–H groups in total. The number of unbranched alkanes of at least 4 members (excludes halogenated alkanes) is 7. The van der Waals surface area contributed by atoms with Crippen molar-refractivity contribution in [3.8, 4) is 0 Å². The molecule has 0 spiro atoms. The van der Waals surface area contributed by atoms with E-state index in [9.17, 15) is 9.59 Å². The summed E-state index contributed by atoms with van der Waals surface area (Å²) < 4.78 is 10.2. The fourth-order valence-corrected chi connectivity index (χ4v) is 2.18. The van der Waals surface area contributed by atoms with Crippen LogP contribution in [-0.4, -0.2) is 25.2 Å². The topological polar surface area (TPSA) is 52.6 Å². The smallest absolute Gasteiger partial charge is 0.305 e. The lowest BCUT2D eigenvalue weighted by molar-refractivity contribution is -0.144. The van der Waals surface area contributed by atoms with Crippen LogP contribution in [0.1, 0.15) is 84.0 Å². The predicted molar refractivity (Wildman–Crippen MR) is 93.2 cm³/mol. The first-order valence-corrected chi connectivity index (χ1v) is 9.12. The molecule has 0 aromatic rings. The van der Waals surface area contributed by atoms with Crippen LogP contribution in [0.5, 0.6) is 0 Å². The summed E-state index contributed by atoms with van der Waals surface area (Å²) >= 11 is 0. The second-order valence-electron chi connectivity index (χ2n) is 5.85. The fraction of sp³-hybridized carbons (Fsp3) is 0.789. The van der Waals surface area contributed by atoms with E-state index < -0.39 is 0 Å². The van der Waals surface area contributed by atoms with Gasteiger partial charge in [0, 0.05) is 12.8 Å². The Morgan fingerprint density at radius 3 is 1.83 bits per heavy atom. The van der Waals surface area contributed by atoms with Crippen molar-refractivity contribution in [2.24, 2.45) is 0 Å². The zero-order valence-corrected chi connectivity index (χ0v) is 14.8. The molecule has 0 saturated carbocycles. The molecule has 23 heavy (non-hydrogen) atoms. The molecule has 0 saturated heterocycles. The van der Waals surface area contributed by atoms with Crippen LogP contribution in [0.15, 0.2) is 12.7 Å². The Bertz CT molecular complexity index is 312. The number of rotatable bonds is 16. The summed E-state index contributed by atoms with van der Waals surface area (Å²) in [6, 6.07) is 0. The molecule has 0 bridgehead atoms. The molecular weight excluding hydrogens is 292 g/mol. The number of esters is 2. The molecule has 0 aromatic heterocycles. The highest BCUT2D eigenvalue weighted by molar-refractivity contribution is 5.69. The third-order valence-electron chi connectivity index (χ3n) is 3.61. The highest BCUT2D eigenvalue weighted by atomic mass is 16.5. The van der Waals surface area contributed by atoms with E-state index in [4.69, 9.17) is 9.47 Å². The third-order valence-corrected chi connectivity index (χ3v) is 3.61. The molecule has 4 nitrogen and oxygen atoms in total. The summed E-state index contributed by atoms with van der Waals surface area (Å²) in [5.41, 5.74) is 0. The minimum absolute atomic E-state index is 0.0663. The SMILES string of the molecule is C=CCCOC(=O)CCCCCCCCC(=O)OCCCCC. The van der Waals surface area contributed by atoms with Gasteiger partial charge in [-0.3, -0.25) is 9.59 Å². The number of hydrogen-bond acceptors (Lipinski definition) is 4. The molecule has 0 aliphatic rings. The summed E-state index contributed by atoms with van der Waals surface area (Å²) in [5, 5.41) is 0. The quantitative estimate of drug-likeness (QED) is 0.228. The third kappa shape index (κ3) is 16.9. The molecule has 0 heterocycles. The van der Waals surface area contributed by atoms with Gasteiger partial charge < -0.3 is 9.47 Å². The second kappa shape index (κ2) is 17.0. The second-order valence-corrected chi connectivity index (χ2v) is 5.85. The van der Waals surface area contributed by atoms with Crippen molar-refractivity contribution in [1.29, 1.82) is 0 Å². The van der Waals surface area contributed by atoms with Gasteiger partial charge in [-0.15, -0.1) is 6.58 Å². The molecule has 4 heteroatoms. The van der Waals surface area contributed by atoms with Crippen LogP contribution in [-0.2, 0) is 19.1 Å². The lowest BCUT2D eigenvalue weighted by Gasteiger charge is -2.05. The minimum Gasteiger partial charge on any atom is -0.466 e. The number of ether oxygens (including phenoxy) is 2. The van der Waals surface area contributed by atoms with Crippen LogP contribution in [0.3, 0.4) is 0 Å². The molecule has 0 unspecified atom stereocenters. The summed E-state index contributed by atoms with van der Waals surface area (Å²) in [6.45, 7) is 6.72. The van der Waals surface area contributed by atoms with Gasteiger partial charge in [-0.05, 0) is 25.7 Å². The minimum atomic E-state index is -0.113. The van der Waals surface area contributed by atoms with Gasteiger partial charge in [0.1, 0.15) is 0 Å². The largest absolute Gasteiger partial charge is 0.466 e. The zero-order chi connectivity index (χ0) is 17.2. The van der Waals surface area contributed by atoms with Gasteiger partial charge >= 0.3 is 11.9 Å². The van der Waals surface area contributed by atoms with Gasteiger partial charge in [0.05, 0.1) is 13.2 Å². The summed E-state index contributed by atoms with van der Waals surface area (Å²) in [7, 11) is 0. The first-order chi connectivity index (χ1) is 11.2. The average molecular weight is 326 g/mol. The van der Waals surface area contributed by atoms with Crippen LogP contribution in [0.2, 0.25) is 0 Å². The highest BCUT2D eigenvalue weighted by Gasteiger charge is 2.03. The molecule has 0 aliphatic carbocycles. The van der Waals surface area contributed by atoms with Gasteiger partial charge in [-0.2, -0.15) is 0 Å². The van der Waals surface area contributed by atoms with Crippen LogP contribution in [0.4, 0.5) is 0 Å². The highest BCUT2D eigenvalue weighted by Crippen LogP contribution is 2.10. The molecule has 0 aliphatic heterocycles. The van der Waals surface area contributed by atoms with Crippen LogP contribution < -0.4 is 0 Å². The first-order valence-electron chi connectivity index (χ1n) is 9.12. The van der Waals surface area contributed by atoms with Crippen LogP contribution >= 0.6 is 0 Å². The maximum absolute atomic E-state index is 11.4. The molecule has 0 fully saturated rings. The molecular formula is C19H34O4. The molecule has 0 aromatic carbocycles. The maximum Gasteiger partial charge on any atom is 0.305 e. The Kier molecular flexibility index (Phi) is 16.1. The van der Waals surface area contributed by atoms with Gasteiger partial charge in [0.2, 0.25) is 0 Å². The molecule has 134 valence electrons. The van der Waals surface area contributed by atoms with Crippen molar-refractivity contribution in [1.82, 2.24) is 0 Å². The van der Waals surface area contributed by atoms with Crippen molar-refractivity contribution >= 4 is 11.9 Å². The Morgan fingerprint density at radius 2 is 1.30 bits per heavy atom. The molecule has 0 radical (unpaired) electrons. The number of carbonyl (C=O) groups is 2. The zero-order valence-electron chi connectivity index (χ0n) is 14.8. The normalized spacial score (nSPS) is 10.3. The van der Waals surface area contributed by atoms with E-state index in [0.717, 1.165) is 57.8 Å². The van der Waals surface area contributed by atoms with E-state index in [2.05, 4.69) is 13.5 Å². The van der Waals surface area contributed by atoms with Crippen LogP contribution in [0.25, 0.3) is 0 Å². The monoisotopic (exact) mass is 326 g/mol. The van der Waals surface area contributed by atoms with Crippen molar-refractivity contribution in [2.75, 3.05) is 13.2 Å². The van der Waals surface area contributed by atoms with E-state index in [-0.39, 0.29) is 11.9 Å². The van der Waals surface area contributed by atoms with Gasteiger partial charge in [-0.1, -0.05) is 51.5 Å². The van der Waals surface area contributed by atoms with Crippen LogP contribution in [0, 0.1) is 0 Å². The summed E-state index contributed by atoms with van der Waals surface area (Å²) in [6.07, 6.45) is 12.8. The van der Waals surface area contributed by atoms with Gasteiger partial charge in [-0.25, -0.2) is 0 Å². The molecule has 0 rings (SSSR count). The van der Waals surface area contributed by atoms with E-state index >= 15 is 0 Å². The summed E-state index contributed by atoms with van der Waals surface area (Å²) in [5.74, 6) is -0.180. The van der Waals surface area contributed by atoms with E-state index in [1.165, 1.54) is 0 Å². The lowest BCUT2D eigenvalue weighted by Crippen LogP contribution is -2.05. The fourth-order valence-electron chi connectivity index (χ4n) is 2.18. The van der Waals surface area contributed by atoms with Gasteiger partial charge in [0.25, 0.3) is 0 Å².